The first kappa shape index (κ1) is 20.3. The van der Waals surface area contributed by atoms with Gasteiger partial charge < -0.3 is 9.80 Å². The van der Waals surface area contributed by atoms with Gasteiger partial charge in [0.1, 0.15) is 18.2 Å². The van der Waals surface area contributed by atoms with Crippen LogP contribution < -0.4 is 0 Å². The van der Waals surface area contributed by atoms with E-state index in [1.807, 2.05) is 9.80 Å². The molecule has 1 aromatic rings. The van der Waals surface area contributed by atoms with E-state index in [1.165, 1.54) is 12.1 Å². The van der Waals surface area contributed by atoms with Gasteiger partial charge >= 0.3 is 0 Å². The SMILES string of the molecule is O=C(CN1C(=O)CC[C@@]12CCCN(Cc1ccc(F)cc1F)CC2)N1CCCC1. The van der Waals surface area contributed by atoms with Crippen LogP contribution in [0.25, 0.3) is 0 Å². The molecule has 0 radical (unpaired) electrons. The van der Waals surface area contributed by atoms with Crippen LogP contribution in [0.15, 0.2) is 18.2 Å². The van der Waals surface area contributed by atoms with Gasteiger partial charge in [0.25, 0.3) is 0 Å². The van der Waals surface area contributed by atoms with E-state index in [9.17, 15) is 18.4 Å². The Morgan fingerprint density at radius 3 is 2.55 bits per heavy atom. The number of amides is 2. The van der Waals surface area contributed by atoms with Gasteiger partial charge in [-0.25, -0.2) is 8.78 Å². The maximum absolute atomic E-state index is 14.0. The Labute approximate surface area is 170 Å². The predicted octanol–water partition coefficient (Wildman–Crippen LogP) is 2.93. The molecule has 0 unspecified atom stereocenters. The first-order valence-corrected chi connectivity index (χ1v) is 10.7. The molecule has 3 heterocycles. The van der Waals surface area contributed by atoms with Crippen molar-refractivity contribution < 1.29 is 18.4 Å². The molecular weight excluding hydrogens is 376 g/mol. The van der Waals surface area contributed by atoms with Gasteiger partial charge in [-0.2, -0.15) is 0 Å². The van der Waals surface area contributed by atoms with Gasteiger partial charge in [-0.3, -0.25) is 14.5 Å². The fourth-order valence-corrected chi connectivity index (χ4v) is 5.14. The number of hydrogen-bond acceptors (Lipinski definition) is 3. The van der Waals surface area contributed by atoms with E-state index in [0.717, 1.165) is 70.8 Å². The number of carbonyl (C=O) groups is 2. The number of halogens is 2. The van der Waals surface area contributed by atoms with Gasteiger partial charge in [0.05, 0.1) is 0 Å². The molecule has 2 amide bonds. The van der Waals surface area contributed by atoms with E-state index in [0.29, 0.717) is 18.5 Å². The highest BCUT2D eigenvalue weighted by atomic mass is 19.1. The molecule has 29 heavy (non-hydrogen) atoms. The Hall–Kier alpha value is -2.02. The van der Waals surface area contributed by atoms with Crippen molar-refractivity contribution >= 4 is 11.8 Å². The number of hydrogen-bond donors (Lipinski definition) is 0. The third kappa shape index (κ3) is 4.29. The molecule has 0 saturated carbocycles. The standard InChI is InChI=1S/C22H29F2N3O2/c23-18-5-4-17(19(24)14-18)15-25-10-3-7-22(9-13-25)8-6-20(28)27(22)16-21(29)26-11-1-2-12-26/h4-5,14H,1-3,6-13,15-16H2/t22-/m1/s1. The highest BCUT2D eigenvalue weighted by Crippen LogP contribution is 2.39. The average molecular weight is 405 g/mol. The Morgan fingerprint density at radius 2 is 1.79 bits per heavy atom. The molecular formula is C22H29F2N3O2. The third-order valence-electron chi connectivity index (χ3n) is 6.85. The van der Waals surface area contributed by atoms with Crippen LogP contribution in [0.5, 0.6) is 0 Å². The first-order chi connectivity index (χ1) is 14.0. The second kappa shape index (κ2) is 8.38. The van der Waals surface area contributed by atoms with Gasteiger partial charge in [0.2, 0.25) is 11.8 Å². The van der Waals surface area contributed by atoms with Crippen LogP contribution in [0.4, 0.5) is 8.78 Å². The summed E-state index contributed by atoms with van der Waals surface area (Å²) >= 11 is 0. The van der Waals surface area contributed by atoms with Crippen molar-refractivity contribution in [2.75, 3.05) is 32.7 Å². The second-order valence-electron chi connectivity index (χ2n) is 8.66. The van der Waals surface area contributed by atoms with Gasteiger partial charge in [0, 0.05) is 49.8 Å². The van der Waals surface area contributed by atoms with Crippen LogP contribution >= 0.6 is 0 Å². The molecule has 3 aliphatic heterocycles. The summed E-state index contributed by atoms with van der Waals surface area (Å²) in [5, 5.41) is 0. The fraction of sp³-hybridized carbons (Fsp3) is 0.636. The number of likely N-dealkylation sites (tertiary alicyclic amines) is 3. The zero-order valence-corrected chi connectivity index (χ0v) is 16.8. The van der Waals surface area contributed by atoms with Gasteiger partial charge in [0.15, 0.2) is 0 Å². The lowest BCUT2D eigenvalue weighted by Crippen LogP contribution is -2.51. The molecule has 1 spiro atoms. The van der Waals surface area contributed by atoms with Gasteiger partial charge in [-0.15, -0.1) is 0 Å². The normalized spacial score (nSPS) is 25.8. The molecule has 5 nitrogen and oxygen atoms in total. The van der Waals surface area contributed by atoms with Crippen LogP contribution in [-0.2, 0) is 16.1 Å². The molecule has 7 heteroatoms. The number of nitrogens with zero attached hydrogens (tertiary/aromatic N) is 3. The van der Waals surface area contributed by atoms with E-state index in [1.54, 1.807) is 0 Å². The van der Waals surface area contributed by atoms with Gasteiger partial charge in [-0.05, 0) is 51.1 Å². The Balaban J connectivity index is 1.42. The fourth-order valence-electron chi connectivity index (χ4n) is 5.14. The summed E-state index contributed by atoms with van der Waals surface area (Å²) in [6.07, 6.45) is 5.92. The molecule has 0 aliphatic carbocycles. The zero-order valence-electron chi connectivity index (χ0n) is 16.8. The lowest BCUT2D eigenvalue weighted by molar-refractivity contribution is -0.141. The maximum Gasteiger partial charge on any atom is 0.242 e. The van der Waals surface area contributed by atoms with E-state index in [2.05, 4.69) is 4.90 Å². The smallest absolute Gasteiger partial charge is 0.242 e. The second-order valence-corrected chi connectivity index (χ2v) is 8.66. The number of rotatable bonds is 4. The molecule has 0 bridgehead atoms. The Bertz CT molecular complexity index is 781. The van der Waals surface area contributed by atoms with Crippen molar-refractivity contribution in [1.82, 2.24) is 14.7 Å². The molecule has 4 rings (SSSR count). The van der Waals surface area contributed by atoms with Crippen molar-refractivity contribution in [2.45, 2.75) is 57.0 Å². The van der Waals surface area contributed by atoms with Crippen LogP contribution in [0, 0.1) is 11.6 Å². The minimum atomic E-state index is -0.566. The first-order valence-electron chi connectivity index (χ1n) is 10.7. The molecule has 3 aliphatic rings. The maximum atomic E-state index is 14.0. The van der Waals surface area contributed by atoms with Gasteiger partial charge in [-0.1, -0.05) is 6.07 Å². The lowest BCUT2D eigenvalue weighted by Gasteiger charge is -2.38. The summed E-state index contributed by atoms with van der Waals surface area (Å²) in [4.78, 5) is 31.2. The number of carbonyl (C=O) groups excluding carboxylic acids is 2. The molecule has 1 atom stereocenters. The van der Waals surface area contributed by atoms with Crippen molar-refractivity contribution in [2.24, 2.45) is 0 Å². The minimum absolute atomic E-state index is 0.0617. The Kier molecular flexibility index (Phi) is 5.86. The predicted molar refractivity (Wildman–Crippen MR) is 105 cm³/mol. The summed E-state index contributed by atoms with van der Waals surface area (Å²) in [6.45, 7) is 3.75. The summed E-state index contributed by atoms with van der Waals surface area (Å²) in [6, 6.07) is 3.72. The zero-order chi connectivity index (χ0) is 20.4. The van der Waals surface area contributed by atoms with Crippen molar-refractivity contribution in [1.29, 1.82) is 0 Å². The van der Waals surface area contributed by atoms with Crippen LogP contribution in [0.2, 0.25) is 0 Å². The van der Waals surface area contributed by atoms with Crippen molar-refractivity contribution in [3.8, 4) is 0 Å². The summed E-state index contributed by atoms with van der Waals surface area (Å²) in [5.74, 6) is -0.941. The Morgan fingerprint density at radius 1 is 1.00 bits per heavy atom. The third-order valence-corrected chi connectivity index (χ3v) is 6.85. The van der Waals surface area contributed by atoms with E-state index in [4.69, 9.17) is 0 Å². The highest BCUT2D eigenvalue weighted by molar-refractivity contribution is 5.87. The lowest BCUT2D eigenvalue weighted by atomic mass is 9.87. The molecule has 0 aromatic heterocycles. The molecule has 3 saturated heterocycles. The van der Waals surface area contributed by atoms with Crippen molar-refractivity contribution in [3.05, 3.63) is 35.4 Å². The molecule has 3 fully saturated rings. The highest BCUT2D eigenvalue weighted by Gasteiger charge is 2.46. The quantitative estimate of drug-likeness (QED) is 0.774. The van der Waals surface area contributed by atoms with Crippen LogP contribution in [-0.4, -0.2) is 64.8 Å². The monoisotopic (exact) mass is 405 g/mol. The topological polar surface area (TPSA) is 43.9 Å². The van der Waals surface area contributed by atoms with E-state index < -0.39 is 11.6 Å². The summed E-state index contributed by atoms with van der Waals surface area (Å²) < 4.78 is 27.2. The van der Waals surface area contributed by atoms with E-state index >= 15 is 0 Å². The summed E-state index contributed by atoms with van der Waals surface area (Å²) in [5.41, 5.74) is 0.230. The van der Waals surface area contributed by atoms with Crippen LogP contribution in [0.1, 0.15) is 50.5 Å². The molecule has 158 valence electrons. The molecule has 0 N–H and O–H groups in total. The number of benzene rings is 1. The minimum Gasteiger partial charge on any atom is -0.341 e. The average Bonchev–Trinajstić information content (AvgIpc) is 3.27. The summed E-state index contributed by atoms with van der Waals surface area (Å²) in [7, 11) is 0. The molecule has 1 aromatic carbocycles. The van der Waals surface area contributed by atoms with E-state index in [-0.39, 0.29) is 23.9 Å². The van der Waals surface area contributed by atoms with Crippen molar-refractivity contribution in [3.63, 3.8) is 0 Å². The largest absolute Gasteiger partial charge is 0.341 e. The van der Waals surface area contributed by atoms with Crippen LogP contribution in [0.3, 0.4) is 0 Å².